The monoisotopic (exact) mass is 279 g/mol. The molecule has 0 bridgehead atoms. The predicted octanol–water partition coefficient (Wildman–Crippen LogP) is 3.17. The van der Waals surface area contributed by atoms with E-state index in [0.29, 0.717) is 6.42 Å². The first-order valence-electron chi connectivity index (χ1n) is 5.30. The molecule has 82 valence electrons. The van der Waals surface area contributed by atoms with E-state index in [-0.39, 0.29) is 0 Å². The lowest BCUT2D eigenvalue weighted by Crippen LogP contribution is -2.45. The van der Waals surface area contributed by atoms with Crippen LogP contribution >= 0.6 is 15.9 Å². The molecule has 0 radical (unpaired) electrons. The summed E-state index contributed by atoms with van der Waals surface area (Å²) in [4.78, 5) is 0. The number of nitrogens with zero attached hydrogens (tertiary/aromatic N) is 1. The second-order valence-electron chi connectivity index (χ2n) is 4.19. The van der Waals surface area contributed by atoms with Crippen molar-refractivity contribution in [3.63, 3.8) is 0 Å². The molecule has 0 unspecified atom stereocenters. The minimum atomic E-state index is -0.396. The highest BCUT2D eigenvalue weighted by atomic mass is 79.9. The fourth-order valence-electron chi connectivity index (χ4n) is 2.05. The third kappa shape index (κ3) is 1.39. The summed E-state index contributed by atoms with van der Waals surface area (Å²) in [5.74, 6) is 1.16. The van der Waals surface area contributed by atoms with Gasteiger partial charge < -0.3 is 9.47 Å². The largest absolute Gasteiger partial charge is 0.448 e. The van der Waals surface area contributed by atoms with E-state index in [4.69, 9.17) is 14.7 Å². The summed E-state index contributed by atoms with van der Waals surface area (Å²) in [5, 5.41) is 8.71. The second-order valence-corrected chi connectivity index (χ2v) is 5.05. The molecule has 1 aliphatic carbocycles. The molecule has 1 saturated carbocycles. The van der Waals surface area contributed by atoms with Crippen LogP contribution in [0.2, 0.25) is 0 Å². The Morgan fingerprint density at radius 1 is 1.31 bits per heavy atom. The zero-order valence-corrected chi connectivity index (χ0v) is 10.2. The Morgan fingerprint density at radius 2 is 2.00 bits per heavy atom. The van der Waals surface area contributed by atoms with Gasteiger partial charge in [0.05, 0.1) is 12.5 Å². The highest BCUT2D eigenvalue weighted by Gasteiger charge is 2.47. The van der Waals surface area contributed by atoms with Gasteiger partial charge in [-0.15, -0.1) is 0 Å². The molecule has 2 aliphatic rings. The standard InChI is InChI=1S/C12H10BrNO2/c13-9-7-11-10(6-8(9)2-5-14)15-12(16-11)3-1-4-12/h6-7H,1-4H2. The van der Waals surface area contributed by atoms with E-state index in [0.717, 1.165) is 40.8 Å². The molecule has 1 spiro atoms. The quantitative estimate of drug-likeness (QED) is 0.793. The van der Waals surface area contributed by atoms with Crippen LogP contribution in [0, 0.1) is 11.3 Å². The third-order valence-corrected chi connectivity index (χ3v) is 3.83. The number of hydrogen-bond acceptors (Lipinski definition) is 3. The van der Waals surface area contributed by atoms with E-state index in [1.165, 1.54) is 0 Å². The van der Waals surface area contributed by atoms with E-state index in [1.54, 1.807) is 0 Å². The molecule has 0 atom stereocenters. The van der Waals surface area contributed by atoms with Gasteiger partial charge in [0, 0.05) is 17.3 Å². The zero-order chi connectivity index (χ0) is 11.2. The van der Waals surface area contributed by atoms with E-state index in [9.17, 15) is 0 Å². The van der Waals surface area contributed by atoms with Crippen LogP contribution < -0.4 is 9.47 Å². The van der Waals surface area contributed by atoms with Crippen LogP contribution in [0.1, 0.15) is 24.8 Å². The Hall–Kier alpha value is -1.21. The molecule has 1 aromatic rings. The molecule has 0 saturated heterocycles. The lowest BCUT2D eigenvalue weighted by atomic mass is 9.91. The van der Waals surface area contributed by atoms with Crippen molar-refractivity contribution in [3.05, 3.63) is 22.2 Å². The van der Waals surface area contributed by atoms with Crippen LogP contribution in [0.5, 0.6) is 11.5 Å². The number of halogens is 1. The molecule has 3 rings (SSSR count). The summed E-state index contributed by atoms with van der Waals surface area (Å²) in [6.45, 7) is 0. The molecule has 4 heteroatoms. The Bertz CT molecular complexity index is 489. The lowest BCUT2D eigenvalue weighted by Gasteiger charge is -2.35. The summed E-state index contributed by atoms with van der Waals surface area (Å²) in [6, 6.07) is 5.93. The molecule has 1 heterocycles. The summed E-state index contributed by atoms with van der Waals surface area (Å²) < 4.78 is 12.5. The van der Waals surface area contributed by atoms with Gasteiger partial charge in [0.25, 0.3) is 5.79 Å². The predicted molar refractivity (Wildman–Crippen MR) is 61.3 cm³/mol. The topological polar surface area (TPSA) is 42.2 Å². The SMILES string of the molecule is N#CCc1cc2c(cc1Br)OC1(CCC1)O2. The van der Waals surface area contributed by atoms with E-state index in [2.05, 4.69) is 22.0 Å². The van der Waals surface area contributed by atoms with E-state index >= 15 is 0 Å². The number of ether oxygens (including phenoxy) is 2. The van der Waals surface area contributed by atoms with Gasteiger partial charge in [0.1, 0.15) is 0 Å². The van der Waals surface area contributed by atoms with Gasteiger partial charge in [-0.2, -0.15) is 5.26 Å². The molecule has 0 aromatic heterocycles. The van der Waals surface area contributed by atoms with Gasteiger partial charge in [-0.25, -0.2) is 0 Å². The van der Waals surface area contributed by atoms with Crippen molar-refractivity contribution in [2.24, 2.45) is 0 Å². The molecule has 16 heavy (non-hydrogen) atoms. The van der Waals surface area contributed by atoms with Crippen LogP contribution in [0.4, 0.5) is 0 Å². The molecule has 0 amide bonds. The van der Waals surface area contributed by atoms with Crippen LogP contribution in [0.15, 0.2) is 16.6 Å². The highest BCUT2D eigenvalue weighted by molar-refractivity contribution is 9.10. The number of nitriles is 1. The van der Waals surface area contributed by atoms with Crippen molar-refractivity contribution >= 4 is 15.9 Å². The van der Waals surface area contributed by atoms with Crippen molar-refractivity contribution in [1.82, 2.24) is 0 Å². The van der Waals surface area contributed by atoms with Gasteiger partial charge in [-0.1, -0.05) is 15.9 Å². The van der Waals surface area contributed by atoms with Crippen molar-refractivity contribution in [1.29, 1.82) is 5.26 Å². The third-order valence-electron chi connectivity index (χ3n) is 3.09. The van der Waals surface area contributed by atoms with Gasteiger partial charge in [-0.3, -0.25) is 0 Å². The fraction of sp³-hybridized carbons (Fsp3) is 0.417. The van der Waals surface area contributed by atoms with Crippen molar-refractivity contribution in [2.75, 3.05) is 0 Å². The maximum absolute atomic E-state index is 8.71. The van der Waals surface area contributed by atoms with Crippen LogP contribution in [-0.2, 0) is 6.42 Å². The Kier molecular flexibility index (Phi) is 2.11. The summed E-state index contributed by atoms with van der Waals surface area (Å²) in [7, 11) is 0. The molecule has 1 aromatic carbocycles. The maximum atomic E-state index is 8.71. The fourth-order valence-corrected chi connectivity index (χ4v) is 2.51. The number of rotatable bonds is 1. The average molecular weight is 280 g/mol. The van der Waals surface area contributed by atoms with Crippen molar-refractivity contribution < 1.29 is 9.47 Å². The number of fused-ring (bicyclic) bond motifs is 1. The summed E-state index contributed by atoms with van der Waals surface area (Å²) >= 11 is 3.44. The Morgan fingerprint density at radius 3 is 2.56 bits per heavy atom. The van der Waals surface area contributed by atoms with Gasteiger partial charge in [0.2, 0.25) is 0 Å². The normalized spacial score (nSPS) is 19.2. The average Bonchev–Trinajstić information content (AvgIpc) is 2.57. The Balaban J connectivity index is 1.96. The van der Waals surface area contributed by atoms with Crippen molar-refractivity contribution in [2.45, 2.75) is 31.5 Å². The number of hydrogen-bond donors (Lipinski definition) is 0. The van der Waals surface area contributed by atoms with Crippen LogP contribution in [0.25, 0.3) is 0 Å². The highest BCUT2D eigenvalue weighted by Crippen LogP contribution is 2.49. The maximum Gasteiger partial charge on any atom is 0.251 e. The minimum Gasteiger partial charge on any atom is -0.448 e. The number of benzene rings is 1. The smallest absolute Gasteiger partial charge is 0.251 e. The van der Waals surface area contributed by atoms with Crippen LogP contribution in [0.3, 0.4) is 0 Å². The summed E-state index contributed by atoms with van der Waals surface area (Å²) in [5.41, 5.74) is 0.946. The van der Waals surface area contributed by atoms with Gasteiger partial charge >= 0.3 is 0 Å². The molecular weight excluding hydrogens is 270 g/mol. The summed E-state index contributed by atoms with van der Waals surface area (Å²) in [6.07, 6.45) is 3.43. The second kappa shape index (κ2) is 3.39. The lowest BCUT2D eigenvalue weighted by molar-refractivity contribution is -0.138. The van der Waals surface area contributed by atoms with Gasteiger partial charge in [0.15, 0.2) is 11.5 Å². The van der Waals surface area contributed by atoms with E-state index < -0.39 is 5.79 Å². The first kappa shape index (κ1) is 9.98. The molecule has 0 N–H and O–H groups in total. The Labute approximate surface area is 102 Å². The first-order valence-corrected chi connectivity index (χ1v) is 6.09. The van der Waals surface area contributed by atoms with E-state index in [1.807, 2.05) is 12.1 Å². The van der Waals surface area contributed by atoms with Gasteiger partial charge in [-0.05, 0) is 24.1 Å². The first-order chi connectivity index (χ1) is 7.72. The van der Waals surface area contributed by atoms with Crippen LogP contribution in [-0.4, -0.2) is 5.79 Å². The zero-order valence-electron chi connectivity index (χ0n) is 8.62. The van der Waals surface area contributed by atoms with Crippen molar-refractivity contribution in [3.8, 4) is 17.6 Å². The molecule has 1 fully saturated rings. The molecule has 1 aliphatic heterocycles. The minimum absolute atomic E-state index is 0.379. The molecular formula is C12H10BrNO2. The molecule has 3 nitrogen and oxygen atoms in total.